The Labute approximate surface area is 199 Å². The molecule has 9 heteroatoms. The minimum atomic E-state index is -0.869. The minimum Gasteiger partial charge on any atom is -0.497 e. The maximum atomic E-state index is 13.5. The molecule has 1 aliphatic rings. The summed E-state index contributed by atoms with van der Waals surface area (Å²) in [7, 11) is 1.48. The molecule has 0 atom stereocenters. The summed E-state index contributed by atoms with van der Waals surface area (Å²) in [6.45, 7) is 0.0383. The molecule has 1 N–H and O–H groups in total. The van der Waals surface area contributed by atoms with Crippen LogP contribution >= 0.6 is 11.6 Å². The van der Waals surface area contributed by atoms with Crippen LogP contribution in [-0.2, 0) is 16.2 Å². The molecule has 1 aliphatic heterocycles. The number of benzene rings is 3. The van der Waals surface area contributed by atoms with Crippen LogP contribution in [0.3, 0.4) is 0 Å². The number of imide groups is 2. The van der Waals surface area contributed by atoms with Gasteiger partial charge in [0.05, 0.1) is 12.8 Å². The van der Waals surface area contributed by atoms with Crippen molar-refractivity contribution in [3.05, 3.63) is 94.3 Å². The van der Waals surface area contributed by atoms with E-state index in [0.29, 0.717) is 27.6 Å². The molecule has 34 heavy (non-hydrogen) atoms. The van der Waals surface area contributed by atoms with Gasteiger partial charge in [0.2, 0.25) is 0 Å². The predicted octanol–water partition coefficient (Wildman–Crippen LogP) is 4.73. The lowest BCUT2D eigenvalue weighted by atomic mass is 10.1. The smallest absolute Gasteiger partial charge is 0.335 e. The summed E-state index contributed by atoms with van der Waals surface area (Å²) in [5.41, 5.74) is 0.964. The third kappa shape index (κ3) is 4.92. The topological polar surface area (TPSA) is 84.9 Å². The maximum absolute atomic E-state index is 13.5. The number of methoxy groups -OCH3 is 1. The average molecular weight is 481 g/mol. The molecule has 0 saturated carbocycles. The van der Waals surface area contributed by atoms with Crippen molar-refractivity contribution in [1.82, 2.24) is 5.32 Å². The van der Waals surface area contributed by atoms with Crippen molar-refractivity contribution in [3.8, 4) is 11.5 Å². The zero-order chi connectivity index (χ0) is 24.2. The van der Waals surface area contributed by atoms with Gasteiger partial charge in [0.1, 0.15) is 29.5 Å². The molecule has 4 amide bonds. The molecule has 3 aromatic carbocycles. The number of amides is 4. The highest BCUT2D eigenvalue weighted by atomic mass is 35.5. The maximum Gasteiger partial charge on any atom is 0.335 e. The Morgan fingerprint density at radius 2 is 1.79 bits per heavy atom. The SMILES string of the molecule is COc1ccc(/C=C2\C(=O)NC(=O)N(c3ccc(Cl)cc3)C2=O)c(OCc2cccc(F)c2)c1. The molecule has 0 bridgehead atoms. The first-order valence-electron chi connectivity index (χ1n) is 10.1. The van der Waals surface area contributed by atoms with Crippen molar-refractivity contribution < 1.29 is 28.2 Å². The van der Waals surface area contributed by atoms with Crippen LogP contribution in [-0.4, -0.2) is 25.0 Å². The Bertz CT molecular complexity index is 1310. The molecular weight excluding hydrogens is 463 g/mol. The van der Waals surface area contributed by atoms with Gasteiger partial charge in [-0.1, -0.05) is 23.7 Å². The van der Waals surface area contributed by atoms with Gasteiger partial charge in [-0.3, -0.25) is 14.9 Å². The Hall–Kier alpha value is -4.17. The lowest BCUT2D eigenvalue weighted by molar-refractivity contribution is -0.122. The van der Waals surface area contributed by atoms with Gasteiger partial charge in [0.25, 0.3) is 11.8 Å². The van der Waals surface area contributed by atoms with Crippen LogP contribution < -0.4 is 19.7 Å². The van der Waals surface area contributed by atoms with Crippen LogP contribution in [0.25, 0.3) is 6.08 Å². The van der Waals surface area contributed by atoms with E-state index in [1.807, 2.05) is 0 Å². The summed E-state index contributed by atoms with van der Waals surface area (Å²) in [5.74, 6) is -1.26. The molecule has 0 aliphatic carbocycles. The third-order valence-electron chi connectivity index (χ3n) is 4.99. The summed E-state index contributed by atoms with van der Waals surface area (Å²) >= 11 is 5.89. The summed E-state index contributed by atoms with van der Waals surface area (Å²) in [4.78, 5) is 38.9. The van der Waals surface area contributed by atoms with E-state index in [1.54, 1.807) is 30.3 Å². The van der Waals surface area contributed by atoms with Gasteiger partial charge in [-0.2, -0.15) is 0 Å². The zero-order valence-electron chi connectivity index (χ0n) is 17.9. The van der Waals surface area contributed by atoms with Gasteiger partial charge in [-0.25, -0.2) is 14.1 Å². The molecule has 1 fully saturated rings. The number of anilines is 1. The number of hydrogen-bond acceptors (Lipinski definition) is 5. The molecule has 7 nitrogen and oxygen atoms in total. The number of rotatable bonds is 6. The first-order valence-corrected chi connectivity index (χ1v) is 10.5. The van der Waals surface area contributed by atoms with E-state index in [-0.39, 0.29) is 17.9 Å². The first-order chi connectivity index (χ1) is 16.4. The van der Waals surface area contributed by atoms with E-state index >= 15 is 0 Å². The number of barbiturate groups is 1. The molecule has 1 heterocycles. The fourth-order valence-corrected chi connectivity index (χ4v) is 3.44. The van der Waals surface area contributed by atoms with E-state index in [0.717, 1.165) is 4.90 Å². The van der Waals surface area contributed by atoms with E-state index < -0.39 is 23.7 Å². The fraction of sp³-hybridized carbons (Fsp3) is 0.0800. The third-order valence-corrected chi connectivity index (χ3v) is 5.24. The van der Waals surface area contributed by atoms with Crippen LogP contribution in [0.2, 0.25) is 5.02 Å². The van der Waals surface area contributed by atoms with Crippen molar-refractivity contribution in [2.24, 2.45) is 0 Å². The minimum absolute atomic E-state index is 0.0383. The highest BCUT2D eigenvalue weighted by Gasteiger charge is 2.37. The van der Waals surface area contributed by atoms with Crippen molar-refractivity contribution >= 4 is 41.2 Å². The van der Waals surface area contributed by atoms with Gasteiger partial charge in [-0.15, -0.1) is 0 Å². The van der Waals surface area contributed by atoms with Gasteiger partial charge in [-0.05, 0) is 60.2 Å². The first kappa shape index (κ1) is 23.0. The molecule has 0 spiro atoms. The molecule has 3 aromatic rings. The molecule has 0 radical (unpaired) electrons. The lowest BCUT2D eigenvalue weighted by Crippen LogP contribution is -2.54. The van der Waals surface area contributed by atoms with Crippen LogP contribution in [0.4, 0.5) is 14.9 Å². The lowest BCUT2D eigenvalue weighted by Gasteiger charge is -2.26. The summed E-state index contributed by atoms with van der Waals surface area (Å²) < 4.78 is 24.6. The Morgan fingerprint density at radius 1 is 1.03 bits per heavy atom. The molecule has 1 saturated heterocycles. The fourth-order valence-electron chi connectivity index (χ4n) is 3.31. The number of nitrogens with zero attached hydrogens (tertiary/aromatic N) is 1. The van der Waals surface area contributed by atoms with Gasteiger partial charge >= 0.3 is 6.03 Å². The second-order valence-corrected chi connectivity index (χ2v) is 7.69. The van der Waals surface area contributed by atoms with E-state index in [9.17, 15) is 18.8 Å². The van der Waals surface area contributed by atoms with Crippen LogP contribution in [0.1, 0.15) is 11.1 Å². The van der Waals surface area contributed by atoms with E-state index in [2.05, 4.69) is 5.32 Å². The summed E-state index contributed by atoms with van der Waals surface area (Å²) in [5, 5.41) is 2.60. The molecule has 0 aromatic heterocycles. The second-order valence-electron chi connectivity index (χ2n) is 7.26. The number of ether oxygens (including phenoxy) is 2. The number of carbonyl (C=O) groups is 3. The number of carbonyl (C=O) groups excluding carboxylic acids is 3. The Kier molecular flexibility index (Phi) is 6.60. The van der Waals surface area contributed by atoms with Crippen molar-refractivity contribution in [1.29, 1.82) is 0 Å². The van der Waals surface area contributed by atoms with Crippen molar-refractivity contribution in [2.75, 3.05) is 12.0 Å². The van der Waals surface area contributed by atoms with Crippen molar-refractivity contribution in [2.45, 2.75) is 6.61 Å². The quantitative estimate of drug-likeness (QED) is 0.407. The highest BCUT2D eigenvalue weighted by molar-refractivity contribution is 6.39. The van der Waals surface area contributed by atoms with Gasteiger partial charge in [0.15, 0.2) is 0 Å². The highest BCUT2D eigenvalue weighted by Crippen LogP contribution is 2.30. The van der Waals surface area contributed by atoms with E-state index in [1.165, 1.54) is 49.6 Å². The predicted molar refractivity (Wildman–Crippen MR) is 124 cm³/mol. The van der Waals surface area contributed by atoms with Gasteiger partial charge < -0.3 is 9.47 Å². The Balaban J connectivity index is 1.68. The summed E-state index contributed by atoms with van der Waals surface area (Å²) in [6, 6.07) is 15.9. The zero-order valence-corrected chi connectivity index (χ0v) is 18.6. The standard InChI is InChI=1S/C25H18ClFN2O5/c1-33-20-10-5-16(22(13-20)34-14-15-3-2-4-18(27)11-15)12-21-23(30)28-25(32)29(24(21)31)19-8-6-17(26)7-9-19/h2-13H,14H2,1H3,(H,28,30,32)/b21-12+. The van der Waals surface area contributed by atoms with Gasteiger partial charge in [0, 0.05) is 16.7 Å². The number of urea groups is 1. The number of hydrogen-bond donors (Lipinski definition) is 1. The number of halogens is 2. The second kappa shape index (κ2) is 9.76. The Morgan fingerprint density at radius 3 is 2.50 bits per heavy atom. The molecule has 4 rings (SSSR count). The normalized spacial score (nSPS) is 14.9. The van der Waals surface area contributed by atoms with Crippen LogP contribution in [0.5, 0.6) is 11.5 Å². The monoisotopic (exact) mass is 480 g/mol. The van der Waals surface area contributed by atoms with Crippen molar-refractivity contribution in [3.63, 3.8) is 0 Å². The van der Waals surface area contributed by atoms with E-state index in [4.69, 9.17) is 21.1 Å². The largest absolute Gasteiger partial charge is 0.497 e. The van der Waals surface area contributed by atoms with Crippen LogP contribution in [0.15, 0.2) is 72.3 Å². The molecular formula is C25H18ClFN2O5. The average Bonchev–Trinajstić information content (AvgIpc) is 2.82. The van der Waals surface area contributed by atoms with Crippen LogP contribution in [0, 0.1) is 5.82 Å². The molecule has 172 valence electrons. The number of nitrogens with one attached hydrogen (secondary N) is 1. The summed E-state index contributed by atoms with van der Waals surface area (Å²) in [6.07, 6.45) is 1.33. The molecule has 0 unspecified atom stereocenters.